The lowest BCUT2D eigenvalue weighted by Gasteiger charge is -2.17. The summed E-state index contributed by atoms with van der Waals surface area (Å²) in [5.41, 5.74) is 3.49. The van der Waals surface area contributed by atoms with E-state index >= 15 is 0 Å². The Morgan fingerprint density at radius 3 is 2.62 bits per heavy atom. The summed E-state index contributed by atoms with van der Waals surface area (Å²) in [7, 11) is 3.28. The highest BCUT2D eigenvalue weighted by Gasteiger charge is 2.13. The van der Waals surface area contributed by atoms with E-state index in [2.05, 4.69) is 36.5 Å². The molecular formula is C19H28N4O2S. The van der Waals surface area contributed by atoms with E-state index in [0.29, 0.717) is 5.11 Å². The van der Waals surface area contributed by atoms with E-state index in [1.807, 2.05) is 29.1 Å². The topological polar surface area (TPSA) is 60.3 Å². The first-order valence-corrected chi connectivity index (χ1v) is 9.18. The van der Waals surface area contributed by atoms with Gasteiger partial charge in [0.15, 0.2) is 16.6 Å². The predicted molar refractivity (Wildman–Crippen MR) is 108 cm³/mol. The van der Waals surface area contributed by atoms with E-state index in [1.165, 1.54) is 5.69 Å². The molecule has 142 valence electrons. The highest BCUT2D eigenvalue weighted by atomic mass is 32.1. The van der Waals surface area contributed by atoms with E-state index in [9.17, 15) is 0 Å². The molecule has 0 amide bonds. The number of thiocarbonyl (C=S) groups is 1. The van der Waals surface area contributed by atoms with Crippen molar-refractivity contribution in [2.75, 3.05) is 20.8 Å². The van der Waals surface area contributed by atoms with Crippen molar-refractivity contribution < 1.29 is 9.47 Å². The van der Waals surface area contributed by atoms with Gasteiger partial charge in [-0.3, -0.25) is 4.68 Å². The predicted octanol–water partition coefficient (Wildman–Crippen LogP) is 3.00. The van der Waals surface area contributed by atoms with Crippen molar-refractivity contribution in [1.29, 1.82) is 0 Å². The molecule has 6 nitrogen and oxygen atoms in total. The zero-order valence-electron chi connectivity index (χ0n) is 16.1. The van der Waals surface area contributed by atoms with Gasteiger partial charge in [0.05, 0.1) is 26.5 Å². The monoisotopic (exact) mass is 376 g/mol. The van der Waals surface area contributed by atoms with Gasteiger partial charge in [0, 0.05) is 24.3 Å². The van der Waals surface area contributed by atoms with Gasteiger partial charge < -0.3 is 20.1 Å². The molecule has 7 heteroatoms. The van der Waals surface area contributed by atoms with E-state index in [0.717, 1.165) is 42.1 Å². The van der Waals surface area contributed by atoms with Crippen molar-refractivity contribution in [3.63, 3.8) is 0 Å². The first-order chi connectivity index (χ1) is 12.5. The van der Waals surface area contributed by atoms with Gasteiger partial charge in [-0.1, -0.05) is 6.07 Å². The Bertz CT molecular complexity index is 745. The van der Waals surface area contributed by atoms with Gasteiger partial charge in [0.2, 0.25) is 0 Å². The van der Waals surface area contributed by atoms with Crippen molar-refractivity contribution in [3.05, 3.63) is 41.2 Å². The van der Waals surface area contributed by atoms with Gasteiger partial charge in [-0.25, -0.2) is 0 Å². The standard InChI is InChI=1S/C19H28N4O2S/c1-6-23-14(3)16(12-21-23)13(2)22-19(26)20-10-9-15-7-8-17(24-4)18(11-15)25-5/h7-8,11-13H,6,9-10H2,1-5H3,(H2,20,22,26). The van der Waals surface area contributed by atoms with Crippen molar-refractivity contribution in [1.82, 2.24) is 20.4 Å². The summed E-state index contributed by atoms with van der Waals surface area (Å²) in [5, 5.41) is 11.6. The average molecular weight is 377 g/mol. The molecule has 0 aliphatic rings. The summed E-state index contributed by atoms with van der Waals surface area (Å²) in [4.78, 5) is 0. The van der Waals surface area contributed by atoms with Crippen LogP contribution in [0.1, 0.15) is 36.7 Å². The van der Waals surface area contributed by atoms with Crippen molar-refractivity contribution in [3.8, 4) is 11.5 Å². The molecule has 2 N–H and O–H groups in total. The molecular weight excluding hydrogens is 348 g/mol. The lowest BCUT2D eigenvalue weighted by atomic mass is 10.1. The van der Waals surface area contributed by atoms with Crippen LogP contribution < -0.4 is 20.1 Å². The third-order valence-electron chi connectivity index (χ3n) is 4.40. The van der Waals surface area contributed by atoms with Crippen LogP contribution in [0.5, 0.6) is 11.5 Å². The van der Waals surface area contributed by atoms with Gasteiger partial charge in [0.25, 0.3) is 0 Å². The van der Waals surface area contributed by atoms with Crippen LogP contribution in [0.2, 0.25) is 0 Å². The second kappa shape index (κ2) is 9.43. The van der Waals surface area contributed by atoms with Crippen LogP contribution in [-0.2, 0) is 13.0 Å². The number of rotatable bonds is 8. The molecule has 0 spiro atoms. The third-order valence-corrected chi connectivity index (χ3v) is 4.66. The average Bonchev–Trinajstić information content (AvgIpc) is 3.02. The fourth-order valence-electron chi connectivity index (χ4n) is 2.89. The minimum atomic E-state index is 0.108. The Labute approximate surface area is 160 Å². The Hall–Kier alpha value is -2.28. The zero-order valence-corrected chi connectivity index (χ0v) is 16.9. The maximum atomic E-state index is 5.42. The van der Waals surface area contributed by atoms with E-state index in [1.54, 1.807) is 14.2 Å². The molecule has 0 fully saturated rings. The second-order valence-corrected chi connectivity index (χ2v) is 6.47. The summed E-state index contributed by atoms with van der Waals surface area (Å²) in [6.07, 6.45) is 2.74. The SMILES string of the molecule is CCn1ncc(C(C)NC(=S)NCCc2ccc(OC)c(OC)c2)c1C. The largest absolute Gasteiger partial charge is 0.493 e. The number of nitrogens with one attached hydrogen (secondary N) is 2. The van der Waals surface area contributed by atoms with Gasteiger partial charge in [0.1, 0.15) is 0 Å². The molecule has 2 rings (SSSR count). The lowest BCUT2D eigenvalue weighted by Crippen LogP contribution is -2.37. The number of aromatic nitrogens is 2. The van der Waals surface area contributed by atoms with Gasteiger partial charge >= 0.3 is 0 Å². The summed E-state index contributed by atoms with van der Waals surface area (Å²) < 4.78 is 12.6. The van der Waals surface area contributed by atoms with E-state index in [4.69, 9.17) is 21.7 Å². The van der Waals surface area contributed by atoms with Crippen LogP contribution in [0.4, 0.5) is 0 Å². The number of hydrogen-bond acceptors (Lipinski definition) is 4. The number of aryl methyl sites for hydroxylation is 1. The molecule has 0 aliphatic carbocycles. The van der Waals surface area contributed by atoms with Crippen LogP contribution in [0.3, 0.4) is 0 Å². The quantitative estimate of drug-likeness (QED) is 0.691. The minimum absolute atomic E-state index is 0.108. The molecule has 0 radical (unpaired) electrons. The van der Waals surface area contributed by atoms with Gasteiger partial charge in [-0.2, -0.15) is 5.10 Å². The summed E-state index contributed by atoms with van der Waals surface area (Å²) in [5.74, 6) is 1.47. The molecule has 0 bridgehead atoms. The molecule has 1 aromatic carbocycles. The van der Waals surface area contributed by atoms with Crippen LogP contribution in [0.15, 0.2) is 24.4 Å². The van der Waals surface area contributed by atoms with E-state index < -0.39 is 0 Å². The Morgan fingerprint density at radius 1 is 1.27 bits per heavy atom. The Kier molecular flexibility index (Phi) is 7.26. The highest BCUT2D eigenvalue weighted by molar-refractivity contribution is 7.80. The van der Waals surface area contributed by atoms with Crippen LogP contribution >= 0.6 is 12.2 Å². The number of hydrogen-bond donors (Lipinski definition) is 2. The van der Waals surface area contributed by atoms with Gasteiger partial charge in [-0.05, 0) is 57.1 Å². The maximum Gasteiger partial charge on any atom is 0.166 e. The molecule has 26 heavy (non-hydrogen) atoms. The third kappa shape index (κ3) is 4.88. The minimum Gasteiger partial charge on any atom is -0.493 e. The smallest absolute Gasteiger partial charge is 0.166 e. The zero-order chi connectivity index (χ0) is 19.1. The van der Waals surface area contributed by atoms with Crippen molar-refractivity contribution >= 4 is 17.3 Å². The molecule has 1 atom stereocenters. The second-order valence-electron chi connectivity index (χ2n) is 6.06. The van der Waals surface area contributed by atoms with Crippen LogP contribution in [-0.4, -0.2) is 35.7 Å². The molecule has 1 aromatic heterocycles. The summed E-state index contributed by atoms with van der Waals surface area (Å²) >= 11 is 5.42. The molecule has 0 aliphatic heterocycles. The molecule has 2 aromatic rings. The van der Waals surface area contributed by atoms with Crippen LogP contribution in [0.25, 0.3) is 0 Å². The normalized spacial score (nSPS) is 11.7. The molecule has 1 heterocycles. The summed E-state index contributed by atoms with van der Waals surface area (Å²) in [6.45, 7) is 7.86. The van der Waals surface area contributed by atoms with E-state index in [-0.39, 0.29) is 6.04 Å². The summed E-state index contributed by atoms with van der Waals surface area (Å²) in [6, 6.07) is 6.05. The molecule has 0 saturated carbocycles. The van der Waals surface area contributed by atoms with Gasteiger partial charge in [-0.15, -0.1) is 0 Å². The fraction of sp³-hybridized carbons (Fsp3) is 0.474. The fourth-order valence-corrected chi connectivity index (χ4v) is 3.17. The molecule has 0 saturated heterocycles. The Balaban J connectivity index is 1.84. The highest BCUT2D eigenvalue weighted by Crippen LogP contribution is 2.27. The first-order valence-electron chi connectivity index (χ1n) is 8.77. The van der Waals surface area contributed by atoms with Crippen molar-refractivity contribution in [2.45, 2.75) is 39.8 Å². The maximum absolute atomic E-state index is 5.42. The van der Waals surface area contributed by atoms with Crippen molar-refractivity contribution in [2.24, 2.45) is 0 Å². The Morgan fingerprint density at radius 2 is 2.00 bits per heavy atom. The number of nitrogens with zero attached hydrogens (tertiary/aromatic N) is 2. The number of ether oxygens (including phenoxy) is 2. The molecule has 1 unspecified atom stereocenters. The first kappa shape index (κ1) is 20.0. The lowest BCUT2D eigenvalue weighted by molar-refractivity contribution is 0.354. The number of benzene rings is 1. The number of methoxy groups -OCH3 is 2. The van der Waals surface area contributed by atoms with Crippen LogP contribution in [0, 0.1) is 6.92 Å².